The Morgan fingerprint density at radius 1 is 1.14 bits per heavy atom. The fourth-order valence-electron chi connectivity index (χ4n) is 5.56. The Balaban J connectivity index is 1.36. The molecule has 2 nitrogen and oxygen atoms in total. The van der Waals surface area contributed by atoms with E-state index >= 15 is 0 Å². The van der Waals surface area contributed by atoms with Gasteiger partial charge in [-0.3, -0.25) is 4.90 Å². The molecule has 3 fully saturated rings. The van der Waals surface area contributed by atoms with E-state index in [0.29, 0.717) is 5.41 Å². The number of benzene rings is 1. The van der Waals surface area contributed by atoms with Gasteiger partial charge in [0.15, 0.2) is 0 Å². The third-order valence-corrected chi connectivity index (χ3v) is 6.50. The minimum atomic E-state index is 0.648. The van der Waals surface area contributed by atoms with Gasteiger partial charge in [0.2, 0.25) is 0 Å². The maximum Gasteiger partial charge on any atom is 0.0168 e. The van der Waals surface area contributed by atoms with E-state index in [4.69, 9.17) is 0 Å². The summed E-state index contributed by atoms with van der Waals surface area (Å²) in [5.74, 6) is 0. The Hall–Kier alpha value is -0.860. The molecule has 2 bridgehead atoms. The molecule has 3 atom stereocenters. The lowest BCUT2D eigenvalue weighted by molar-refractivity contribution is 0.164. The molecule has 0 amide bonds. The lowest BCUT2D eigenvalue weighted by atomic mass is 9.73. The van der Waals surface area contributed by atoms with Gasteiger partial charge in [-0.05, 0) is 57.2 Å². The van der Waals surface area contributed by atoms with Crippen LogP contribution in [-0.2, 0) is 6.42 Å². The fourth-order valence-corrected chi connectivity index (χ4v) is 5.56. The van der Waals surface area contributed by atoms with Crippen molar-refractivity contribution >= 4 is 0 Å². The first-order valence-electron chi connectivity index (χ1n) is 9.33. The summed E-state index contributed by atoms with van der Waals surface area (Å²) in [6.07, 6.45) is 8.40. The Bertz CT molecular complexity index is 500. The SMILES string of the molecule is CCCN1C2CCC1C1(CCN(CCc3ccccc3)C1)C2. The summed E-state index contributed by atoms with van der Waals surface area (Å²) >= 11 is 0. The van der Waals surface area contributed by atoms with Crippen LogP contribution in [0.4, 0.5) is 0 Å². The Morgan fingerprint density at radius 2 is 2.00 bits per heavy atom. The van der Waals surface area contributed by atoms with Gasteiger partial charge in [0, 0.05) is 30.6 Å². The zero-order valence-corrected chi connectivity index (χ0v) is 14.0. The Morgan fingerprint density at radius 3 is 2.82 bits per heavy atom. The van der Waals surface area contributed by atoms with Crippen molar-refractivity contribution in [2.45, 2.75) is 57.5 Å². The first-order chi connectivity index (χ1) is 10.8. The predicted molar refractivity (Wildman–Crippen MR) is 92.1 cm³/mol. The second-order valence-electron chi connectivity index (χ2n) is 7.81. The molecule has 22 heavy (non-hydrogen) atoms. The monoisotopic (exact) mass is 298 g/mol. The molecule has 1 spiro atoms. The van der Waals surface area contributed by atoms with E-state index < -0.39 is 0 Å². The third-order valence-electron chi connectivity index (χ3n) is 6.50. The molecule has 0 N–H and O–H groups in total. The average molecular weight is 298 g/mol. The van der Waals surface area contributed by atoms with E-state index in [0.717, 1.165) is 12.1 Å². The molecule has 3 aliphatic rings. The second-order valence-corrected chi connectivity index (χ2v) is 7.81. The minimum Gasteiger partial charge on any atom is -0.302 e. The van der Waals surface area contributed by atoms with Crippen LogP contribution in [-0.4, -0.2) is 48.1 Å². The van der Waals surface area contributed by atoms with Crippen molar-refractivity contribution in [3.63, 3.8) is 0 Å². The summed E-state index contributed by atoms with van der Waals surface area (Å²) in [7, 11) is 0. The van der Waals surface area contributed by atoms with Crippen LogP contribution in [0.5, 0.6) is 0 Å². The van der Waals surface area contributed by atoms with Crippen LogP contribution in [0, 0.1) is 5.41 Å². The number of nitrogens with zero attached hydrogens (tertiary/aromatic N) is 2. The molecule has 3 aliphatic heterocycles. The van der Waals surface area contributed by atoms with Crippen LogP contribution in [0.15, 0.2) is 30.3 Å². The summed E-state index contributed by atoms with van der Waals surface area (Å²) in [5.41, 5.74) is 2.14. The maximum atomic E-state index is 2.88. The summed E-state index contributed by atoms with van der Waals surface area (Å²) in [5, 5.41) is 0. The first-order valence-corrected chi connectivity index (χ1v) is 9.33. The normalized spacial score (nSPS) is 35.0. The molecular weight excluding hydrogens is 268 g/mol. The van der Waals surface area contributed by atoms with E-state index in [9.17, 15) is 0 Å². The van der Waals surface area contributed by atoms with Gasteiger partial charge in [0.25, 0.3) is 0 Å². The number of hydrogen-bond donors (Lipinski definition) is 0. The molecule has 0 saturated carbocycles. The highest BCUT2D eigenvalue weighted by atomic mass is 15.3. The largest absolute Gasteiger partial charge is 0.302 e. The van der Waals surface area contributed by atoms with Crippen molar-refractivity contribution in [1.82, 2.24) is 9.80 Å². The highest BCUT2D eigenvalue weighted by Crippen LogP contribution is 2.54. The van der Waals surface area contributed by atoms with Crippen LogP contribution in [0.1, 0.15) is 44.6 Å². The lowest BCUT2D eigenvalue weighted by Gasteiger charge is -2.34. The topological polar surface area (TPSA) is 6.48 Å². The molecule has 4 rings (SSSR count). The molecule has 2 heteroatoms. The zero-order valence-electron chi connectivity index (χ0n) is 14.0. The van der Waals surface area contributed by atoms with Crippen LogP contribution >= 0.6 is 0 Å². The van der Waals surface area contributed by atoms with Gasteiger partial charge in [-0.1, -0.05) is 37.3 Å². The Kier molecular flexibility index (Phi) is 4.00. The van der Waals surface area contributed by atoms with Gasteiger partial charge < -0.3 is 4.90 Å². The molecular formula is C20H30N2. The van der Waals surface area contributed by atoms with E-state index in [1.807, 2.05) is 0 Å². The highest BCUT2D eigenvalue weighted by molar-refractivity contribution is 5.16. The number of fused-ring (bicyclic) bond motifs is 3. The van der Waals surface area contributed by atoms with Crippen LogP contribution in [0.3, 0.4) is 0 Å². The summed E-state index contributed by atoms with van der Waals surface area (Å²) in [6, 6.07) is 12.8. The summed E-state index contributed by atoms with van der Waals surface area (Å²) in [4.78, 5) is 5.62. The smallest absolute Gasteiger partial charge is 0.0168 e. The molecule has 120 valence electrons. The van der Waals surface area contributed by atoms with E-state index in [-0.39, 0.29) is 0 Å². The minimum absolute atomic E-state index is 0.648. The van der Waals surface area contributed by atoms with E-state index in [2.05, 4.69) is 47.1 Å². The first kappa shape index (κ1) is 14.7. The third kappa shape index (κ3) is 2.51. The van der Waals surface area contributed by atoms with Crippen LogP contribution < -0.4 is 0 Å². The van der Waals surface area contributed by atoms with E-state index in [1.165, 1.54) is 70.3 Å². The van der Waals surface area contributed by atoms with Gasteiger partial charge in [0.1, 0.15) is 0 Å². The van der Waals surface area contributed by atoms with Crippen molar-refractivity contribution in [2.24, 2.45) is 5.41 Å². The highest BCUT2D eigenvalue weighted by Gasteiger charge is 2.57. The molecule has 0 aromatic heterocycles. The fraction of sp³-hybridized carbons (Fsp3) is 0.700. The van der Waals surface area contributed by atoms with Crippen LogP contribution in [0.25, 0.3) is 0 Å². The molecule has 0 aliphatic carbocycles. The number of rotatable bonds is 5. The molecule has 0 radical (unpaired) electrons. The molecule has 3 unspecified atom stereocenters. The van der Waals surface area contributed by atoms with Crippen molar-refractivity contribution in [3.05, 3.63) is 35.9 Å². The quantitative estimate of drug-likeness (QED) is 0.820. The summed E-state index contributed by atoms with van der Waals surface area (Å²) < 4.78 is 0. The standard InChI is InChI=1S/C20H30N2/c1-2-12-22-18-8-9-19(22)20(15-18)11-14-21(16-20)13-10-17-6-4-3-5-7-17/h3-7,18-19H,2,8-16H2,1H3. The second kappa shape index (κ2) is 5.98. The maximum absolute atomic E-state index is 2.88. The lowest BCUT2D eigenvalue weighted by Crippen LogP contribution is -2.40. The van der Waals surface area contributed by atoms with Crippen molar-refractivity contribution < 1.29 is 0 Å². The van der Waals surface area contributed by atoms with Gasteiger partial charge in [0.05, 0.1) is 0 Å². The van der Waals surface area contributed by atoms with Crippen molar-refractivity contribution in [2.75, 3.05) is 26.2 Å². The van der Waals surface area contributed by atoms with E-state index in [1.54, 1.807) is 0 Å². The number of likely N-dealkylation sites (tertiary alicyclic amines) is 1. The van der Waals surface area contributed by atoms with Gasteiger partial charge in [-0.15, -0.1) is 0 Å². The number of hydrogen-bond acceptors (Lipinski definition) is 2. The van der Waals surface area contributed by atoms with Crippen molar-refractivity contribution in [1.29, 1.82) is 0 Å². The van der Waals surface area contributed by atoms with Crippen LogP contribution in [0.2, 0.25) is 0 Å². The van der Waals surface area contributed by atoms with Gasteiger partial charge in [-0.25, -0.2) is 0 Å². The average Bonchev–Trinajstić information content (AvgIpc) is 3.20. The van der Waals surface area contributed by atoms with Gasteiger partial charge >= 0.3 is 0 Å². The molecule has 3 heterocycles. The molecule has 1 aromatic rings. The zero-order chi connectivity index (χ0) is 15.0. The summed E-state index contributed by atoms with van der Waals surface area (Å²) in [6.45, 7) is 7.61. The Labute approximate surface area is 135 Å². The molecule has 1 aromatic carbocycles. The van der Waals surface area contributed by atoms with Crippen molar-refractivity contribution in [3.8, 4) is 0 Å². The van der Waals surface area contributed by atoms with Gasteiger partial charge in [-0.2, -0.15) is 0 Å². The predicted octanol–water partition coefficient (Wildman–Crippen LogP) is 3.57. The molecule has 3 saturated heterocycles.